The molecule has 1 aromatic carbocycles. The van der Waals surface area contributed by atoms with Crippen molar-refractivity contribution in [2.45, 2.75) is 54.4 Å². The van der Waals surface area contributed by atoms with Crippen LogP contribution in [0.2, 0.25) is 0 Å². The van der Waals surface area contributed by atoms with Gasteiger partial charge in [0, 0.05) is 32.7 Å². The van der Waals surface area contributed by atoms with Gasteiger partial charge >= 0.3 is 6.03 Å². The summed E-state index contributed by atoms with van der Waals surface area (Å²) in [7, 11) is 0. The number of hydrogen-bond donors (Lipinski definition) is 1. The fraction of sp³-hybridized carbons (Fsp3) is 0.636. The molecule has 1 fully saturated rings. The standard InChI is InChI=1S/C22H35N3O2/c1-16-12-17(2)19(18(3)13-16)14-20(26)24-8-7-9-25(11-10-24)21(27)23-15-22(4,5)6/h12-13H,7-11,14-15H2,1-6H3,(H,23,27). The third-order valence-electron chi connectivity index (χ3n) is 5.07. The maximum Gasteiger partial charge on any atom is 0.317 e. The quantitative estimate of drug-likeness (QED) is 0.882. The van der Waals surface area contributed by atoms with E-state index in [4.69, 9.17) is 0 Å². The molecule has 0 saturated carbocycles. The Morgan fingerprint density at radius 1 is 0.963 bits per heavy atom. The van der Waals surface area contributed by atoms with Gasteiger partial charge in [0.05, 0.1) is 6.42 Å². The van der Waals surface area contributed by atoms with Crippen LogP contribution in [0.25, 0.3) is 0 Å². The lowest BCUT2D eigenvalue weighted by molar-refractivity contribution is -0.130. The van der Waals surface area contributed by atoms with Gasteiger partial charge in [-0.1, -0.05) is 38.5 Å². The SMILES string of the molecule is Cc1cc(C)c(CC(=O)N2CCCN(C(=O)NCC(C)(C)C)CC2)c(C)c1. The third-order valence-corrected chi connectivity index (χ3v) is 5.07. The van der Waals surface area contributed by atoms with Crippen LogP contribution in [0.5, 0.6) is 0 Å². The van der Waals surface area contributed by atoms with Gasteiger partial charge in [-0.05, 0) is 49.3 Å². The van der Waals surface area contributed by atoms with Gasteiger partial charge in [0.1, 0.15) is 0 Å². The summed E-state index contributed by atoms with van der Waals surface area (Å²) < 4.78 is 0. The Kier molecular flexibility index (Phi) is 6.90. The van der Waals surface area contributed by atoms with Crippen LogP contribution >= 0.6 is 0 Å². The van der Waals surface area contributed by atoms with Crippen LogP contribution in [0, 0.1) is 26.2 Å². The van der Waals surface area contributed by atoms with E-state index in [9.17, 15) is 9.59 Å². The molecule has 0 atom stereocenters. The topological polar surface area (TPSA) is 52.7 Å². The maximum atomic E-state index is 12.9. The molecule has 2 rings (SSSR count). The average molecular weight is 374 g/mol. The van der Waals surface area contributed by atoms with Crippen molar-refractivity contribution in [1.29, 1.82) is 0 Å². The number of nitrogens with one attached hydrogen (secondary N) is 1. The van der Waals surface area contributed by atoms with Gasteiger partial charge in [0.25, 0.3) is 0 Å². The highest BCUT2D eigenvalue weighted by atomic mass is 16.2. The molecule has 3 amide bonds. The number of hydrogen-bond acceptors (Lipinski definition) is 2. The van der Waals surface area contributed by atoms with Crippen LogP contribution < -0.4 is 5.32 Å². The highest BCUT2D eigenvalue weighted by molar-refractivity contribution is 5.80. The fourth-order valence-electron chi connectivity index (χ4n) is 3.57. The van der Waals surface area contributed by atoms with Crippen molar-refractivity contribution in [2.75, 3.05) is 32.7 Å². The highest BCUT2D eigenvalue weighted by Gasteiger charge is 2.23. The van der Waals surface area contributed by atoms with Crippen molar-refractivity contribution in [2.24, 2.45) is 5.41 Å². The second kappa shape index (κ2) is 8.77. The largest absolute Gasteiger partial charge is 0.341 e. The number of aryl methyl sites for hydroxylation is 3. The highest BCUT2D eigenvalue weighted by Crippen LogP contribution is 2.18. The molecule has 150 valence electrons. The minimum absolute atomic E-state index is 0.0237. The third kappa shape index (κ3) is 6.26. The molecule has 0 unspecified atom stereocenters. The normalized spacial score (nSPS) is 15.5. The first-order valence-electron chi connectivity index (χ1n) is 9.94. The Bertz CT molecular complexity index is 668. The van der Waals surface area contributed by atoms with Crippen molar-refractivity contribution < 1.29 is 9.59 Å². The van der Waals surface area contributed by atoms with Crippen molar-refractivity contribution in [3.8, 4) is 0 Å². The monoisotopic (exact) mass is 373 g/mol. The number of urea groups is 1. The first-order chi connectivity index (χ1) is 12.6. The van der Waals surface area contributed by atoms with Gasteiger partial charge in [0.2, 0.25) is 5.91 Å². The van der Waals surface area contributed by atoms with E-state index in [-0.39, 0.29) is 17.4 Å². The Hall–Kier alpha value is -2.04. The second-order valence-electron chi connectivity index (χ2n) is 8.99. The zero-order valence-corrected chi connectivity index (χ0v) is 17.8. The van der Waals surface area contributed by atoms with Crippen LogP contribution in [0.4, 0.5) is 4.79 Å². The van der Waals surface area contributed by atoms with E-state index in [0.717, 1.165) is 12.0 Å². The molecule has 5 nitrogen and oxygen atoms in total. The summed E-state index contributed by atoms with van der Waals surface area (Å²) in [6, 6.07) is 4.25. The van der Waals surface area contributed by atoms with Crippen LogP contribution in [-0.4, -0.2) is 54.5 Å². The summed E-state index contributed by atoms with van der Waals surface area (Å²) >= 11 is 0. The molecule has 5 heteroatoms. The molecular weight excluding hydrogens is 338 g/mol. The molecule has 1 aliphatic rings. The van der Waals surface area contributed by atoms with E-state index in [1.807, 2.05) is 9.80 Å². The van der Waals surface area contributed by atoms with E-state index in [0.29, 0.717) is 39.1 Å². The molecule has 0 bridgehead atoms. The van der Waals surface area contributed by atoms with Gasteiger partial charge in [-0.15, -0.1) is 0 Å². The van der Waals surface area contributed by atoms with Gasteiger partial charge in [-0.25, -0.2) is 4.79 Å². The molecule has 0 aliphatic carbocycles. The predicted molar refractivity (Wildman–Crippen MR) is 110 cm³/mol. The minimum Gasteiger partial charge on any atom is -0.341 e. The molecule has 1 saturated heterocycles. The van der Waals surface area contributed by atoms with E-state index in [1.165, 1.54) is 16.7 Å². The first-order valence-corrected chi connectivity index (χ1v) is 9.94. The number of rotatable bonds is 3. The van der Waals surface area contributed by atoms with Crippen LogP contribution in [0.15, 0.2) is 12.1 Å². The molecule has 0 radical (unpaired) electrons. The van der Waals surface area contributed by atoms with Gasteiger partial charge < -0.3 is 15.1 Å². The minimum atomic E-state index is -0.0237. The van der Waals surface area contributed by atoms with E-state index >= 15 is 0 Å². The van der Waals surface area contributed by atoms with Crippen molar-refractivity contribution >= 4 is 11.9 Å². The van der Waals surface area contributed by atoms with Crippen LogP contribution in [0.1, 0.15) is 49.4 Å². The Morgan fingerprint density at radius 2 is 1.52 bits per heavy atom. The Morgan fingerprint density at radius 3 is 2.11 bits per heavy atom. The van der Waals surface area contributed by atoms with Crippen LogP contribution in [0.3, 0.4) is 0 Å². The van der Waals surface area contributed by atoms with E-state index < -0.39 is 0 Å². The molecule has 1 aliphatic heterocycles. The lowest BCUT2D eigenvalue weighted by Crippen LogP contribution is -2.45. The summed E-state index contributed by atoms with van der Waals surface area (Å²) in [6.07, 6.45) is 1.26. The van der Waals surface area contributed by atoms with Crippen molar-refractivity contribution in [1.82, 2.24) is 15.1 Å². The van der Waals surface area contributed by atoms with E-state index in [1.54, 1.807) is 0 Å². The smallest absolute Gasteiger partial charge is 0.317 e. The summed E-state index contributed by atoms with van der Waals surface area (Å²) in [5.74, 6) is 0.155. The molecular formula is C22H35N3O2. The molecule has 27 heavy (non-hydrogen) atoms. The zero-order chi connectivity index (χ0) is 20.2. The second-order valence-corrected chi connectivity index (χ2v) is 8.99. The molecule has 0 spiro atoms. The lowest BCUT2D eigenvalue weighted by Gasteiger charge is -2.25. The van der Waals surface area contributed by atoms with Crippen molar-refractivity contribution in [3.63, 3.8) is 0 Å². The molecule has 1 aromatic rings. The Labute approximate surface area is 164 Å². The first kappa shape index (κ1) is 21.3. The number of amides is 3. The number of carbonyl (C=O) groups is 2. The van der Waals surface area contributed by atoms with E-state index in [2.05, 4.69) is 59.0 Å². The average Bonchev–Trinajstić information content (AvgIpc) is 2.81. The molecule has 0 aromatic heterocycles. The summed E-state index contributed by atoms with van der Waals surface area (Å²) in [6.45, 7) is 15.8. The summed E-state index contributed by atoms with van der Waals surface area (Å²) in [5, 5.41) is 3.01. The van der Waals surface area contributed by atoms with Gasteiger partial charge in [-0.2, -0.15) is 0 Å². The fourth-order valence-corrected chi connectivity index (χ4v) is 3.57. The molecule has 1 heterocycles. The number of nitrogens with zero attached hydrogens (tertiary/aromatic N) is 2. The lowest BCUT2D eigenvalue weighted by atomic mass is 9.97. The number of carbonyl (C=O) groups excluding carboxylic acids is 2. The zero-order valence-electron chi connectivity index (χ0n) is 17.8. The number of benzene rings is 1. The maximum absolute atomic E-state index is 12.9. The van der Waals surface area contributed by atoms with Crippen LogP contribution in [-0.2, 0) is 11.2 Å². The summed E-state index contributed by atoms with van der Waals surface area (Å²) in [5.41, 5.74) is 4.79. The van der Waals surface area contributed by atoms with Crippen molar-refractivity contribution in [3.05, 3.63) is 34.4 Å². The predicted octanol–water partition coefficient (Wildman–Crippen LogP) is 3.44. The Balaban J connectivity index is 1.94. The van der Waals surface area contributed by atoms with Gasteiger partial charge in [0.15, 0.2) is 0 Å². The summed E-state index contributed by atoms with van der Waals surface area (Å²) in [4.78, 5) is 29.0. The molecule has 1 N–H and O–H groups in total. The van der Waals surface area contributed by atoms with Gasteiger partial charge in [-0.3, -0.25) is 4.79 Å².